The Hall–Kier alpha value is -3.93. The summed E-state index contributed by atoms with van der Waals surface area (Å²) in [5.41, 5.74) is -2.58. The minimum Gasteiger partial charge on any atom is -0.375 e. The normalized spacial score (nSPS) is 20.3. The molecule has 6 rings (SSSR count). The number of alkyl halides is 6. The highest BCUT2D eigenvalue weighted by Crippen LogP contribution is 2.48. The van der Waals surface area contributed by atoms with Crippen molar-refractivity contribution < 1.29 is 54.9 Å². The third kappa shape index (κ3) is 10.7. The maximum absolute atomic E-state index is 13.9. The average molecular weight is 916 g/mol. The number of hydrogen-bond acceptors (Lipinski definition) is 7. The van der Waals surface area contributed by atoms with Crippen LogP contribution in [-0.4, -0.2) is 130 Å². The van der Waals surface area contributed by atoms with Crippen molar-refractivity contribution in [1.29, 1.82) is 0 Å². The Morgan fingerprint density at radius 2 is 1.47 bits per heavy atom. The van der Waals surface area contributed by atoms with Crippen molar-refractivity contribution in [2.75, 3.05) is 86.8 Å². The summed E-state index contributed by atoms with van der Waals surface area (Å²) in [5, 5.41) is 0.473. The molecule has 18 heteroatoms. The highest BCUT2D eigenvalue weighted by Gasteiger charge is 2.50. The van der Waals surface area contributed by atoms with Crippen LogP contribution in [0.3, 0.4) is 0 Å². The van der Waals surface area contributed by atoms with E-state index in [1.807, 2.05) is 12.1 Å². The second kappa shape index (κ2) is 19.4. The Kier molecular flexibility index (Phi) is 14.9. The SMILES string of the molecule is COCC(=O)N(C)CCCN(C)C(=O)CO[C@H]1Cc2ccccc2C12CCN(CC[C@@]1(c3ccc(Cl)c(Cl)c3)CN(C(=O)c3cc(C(F)(F)F)cc(C(F)(F)F)c3)CCO1)CC2. The van der Waals surface area contributed by atoms with E-state index in [2.05, 4.69) is 17.0 Å². The predicted octanol–water partition coefficient (Wildman–Crippen LogP) is 7.72. The maximum atomic E-state index is 13.9. The monoisotopic (exact) mass is 914 g/mol. The number of carbonyl (C=O) groups is 3. The zero-order valence-corrected chi connectivity index (χ0v) is 36.2. The quantitative estimate of drug-likeness (QED) is 0.153. The first-order valence-corrected chi connectivity index (χ1v) is 21.1. The van der Waals surface area contributed by atoms with Crippen molar-refractivity contribution in [2.45, 2.75) is 61.6 Å². The number of rotatable bonds is 14. The molecule has 2 saturated heterocycles. The van der Waals surface area contributed by atoms with Crippen molar-refractivity contribution in [2.24, 2.45) is 0 Å². The van der Waals surface area contributed by atoms with E-state index >= 15 is 0 Å². The minimum atomic E-state index is -5.12. The van der Waals surface area contributed by atoms with E-state index in [-0.39, 0.29) is 72.4 Å². The second-order valence-electron chi connectivity index (χ2n) is 16.3. The largest absolute Gasteiger partial charge is 0.416 e. The van der Waals surface area contributed by atoms with Gasteiger partial charge < -0.3 is 33.8 Å². The first-order chi connectivity index (χ1) is 29.3. The van der Waals surface area contributed by atoms with E-state index in [9.17, 15) is 40.7 Å². The molecule has 1 aliphatic carbocycles. The lowest BCUT2D eigenvalue weighted by Crippen LogP contribution is -2.54. The molecular formula is C44H50Cl2F6N4O6. The molecule has 2 fully saturated rings. The number of halogens is 8. The number of amides is 3. The maximum Gasteiger partial charge on any atom is 0.416 e. The van der Waals surface area contributed by atoms with E-state index in [0.29, 0.717) is 82.5 Å². The number of nitrogens with zero attached hydrogens (tertiary/aromatic N) is 4. The molecule has 1 spiro atoms. The van der Waals surface area contributed by atoms with Crippen molar-refractivity contribution in [3.05, 3.63) is 104 Å². The van der Waals surface area contributed by atoms with Crippen molar-refractivity contribution in [3.8, 4) is 0 Å². The minimum absolute atomic E-state index is 0.00475. The third-order valence-electron chi connectivity index (χ3n) is 12.4. The molecule has 0 saturated carbocycles. The standard InChI is InChI=1S/C44H50Cl2F6N4O6/c1-53(38(57)26-60-3)14-6-15-54(2)39(58)27-61-37-23-29-7-4-5-8-34(29)41(37)11-16-55(17-12-41)18-13-42(31-9-10-35(45)36(46)25-31)28-56(19-20-62-42)40(59)30-21-32(43(47,48)49)24-33(22-30)44(50,51)52/h4-5,7-10,21-22,24-25,37H,6,11-20,23,26-28H2,1-3H3/t37-,42-/m0/s1. The van der Waals surface area contributed by atoms with Crippen LogP contribution >= 0.6 is 23.2 Å². The van der Waals surface area contributed by atoms with E-state index in [0.717, 1.165) is 5.56 Å². The lowest BCUT2D eigenvalue weighted by atomic mass is 9.72. The van der Waals surface area contributed by atoms with Crippen molar-refractivity contribution in [1.82, 2.24) is 19.6 Å². The molecule has 3 aromatic carbocycles. The molecule has 0 aromatic heterocycles. The summed E-state index contributed by atoms with van der Waals surface area (Å²) >= 11 is 12.7. The lowest BCUT2D eigenvalue weighted by molar-refractivity contribution is -0.143. The van der Waals surface area contributed by atoms with Crippen LogP contribution in [0.2, 0.25) is 10.0 Å². The first kappa shape index (κ1) is 47.5. The van der Waals surface area contributed by atoms with Gasteiger partial charge in [0, 0.05) is 58.4 Å². The second-order valence-corrected chi connectivity index (χ2v) is 17.1. The summed E-state index contributed by atoms with van der Waals surface area (Å²) in [5.74, 6) is -1.30. The molecule has 0 N–H and O–H groups in total. The Balaban J connectivity index is 1.15. The molecule has 3 aliphatic rings. The van der Waals surface area contributed by atoms with Crippen LogP contribution in [0.5, 0.6) is 0 Å². The number of benzene rings is 3. The predicted molar refractivity (Wildman–Crippen MR) is 220 cm³/mol. The molecule has 0 radical (unpaired) electrons. The Bertz CT molecular complexity index is 2070. The Labute approximate surface area is 366 Å². The highest BCUT2D eigenvalue weighted by atomic mass is 35.5. The van der Waals surface area contributed by atoms with E-state index in [1.165, 1.54) is 17.6 Å². The van der Waals surface area contributed by atoms with Gasteiger partial charge in [-0.2, -0.15) is 26.3 Å². The highest BCUT2D eigenvalue weighted by molar-refractivity contribution is 6.42. The van der Waals surface area contributed by atoms with Crippen molar-refractivity contribution >= 4 is 40.9 Å². The summed E-state index contributed by atoms with van der Waals surface area (Å²) in [7, 11) is 4.86. The summed E-state index contributed by atoms with van der Waals surface area (Å²) in [4.78, 5) is 45.8. The fourth-order valence-corrected chi connectivity index (χ4v) is 9.15. The average Bonchev–Trinajstić information content (AvgIpc) is 3.54. The number of hydrogen-bond donors (Lipinski definition) is 0. The van der Waals surface area contributed by atoms with Gasteiger partial charge in [-0.25, -0.2) is 0 Å². The van der Waals surface area contributed by atoms with Gasteiger partial charge in [0.05, 0.1) is 40.4 Å². The van der Waals surface area contributed by atoms with Crippen LogP contribution in [0.1, 0.15) is 63.9 Å². The number of morpholine rings is 1. The molecule has 2 aliphatic heterocycles. The van der Waals surface area contributed by atoms with E-state index in [4.69, 9.17) is 37.4 Å². The van der Waals surface area contributed by atoms with Crippen LogP contribution in [0, 0.1) is 0 Å². The number of methoxy groups -OCH3 is 1. The van der Waals surface area contributed by atoms with Crippen LogP contribution in [0.15, 0.2) is 60.7 Å². The number of fused-ring (bicyclic) bond motifs is 2. The zero-order valence-electron chi connectivity index (χ0n) is 34.7. The number of piperidine rings is 1. The van der Waals surface area contributed by atoms with Gasteiger partial charge in [0.2, 0.25) is 11.8 Å². The first-order valence-electron chi connectivity index (χ1n) is 20.3. The molecular weight excluding hydrogens is 865 g/mol. The van der Waals surface area contributed by atoms with Gasteiger partial charge in [-0.1, -0.05) is 53.5 Å². The van der Waals surface area contributed by atoms with Gasteiger partial charge in [0.15, 0.2) is 0 Å². The smallest absolute Gasteiger partial charge is 0.375 e. The summed E-state index contributed by atoms with van der Waals surface area (Å²) < 4.78 is 100. The van der Waals surface area contributed by atoms with Crippen LogP contribution in [0.25, 0.3) is 0 Å². The lowest BCUT2D eigenvalue weighted by Gasteiger charge is -2.46. The summed E-state index contributed by atoms with van der Waals surface area (Å²) in [6.45, 7) is 2.26. The summed E-state index contributed by atoms with van der Waals surface area (Å²) in [6, 6.07) is 13.9. The third-order valence-corrected chi connectivity index (χ3v) is 13.2. The van der Waals surface area contributed by atoms with E-state index < -0.39 is 40.6 Å². The molecule has 2 atom stereocenters. The van der Waals surface area contributed by atoms with Gasteiger partial charge in [-0.05, 0) is 92.2 Å². The molecule has 0 unspecified atom stereocenters. The van der Waals surface area contributed by atoms with Gasteiger partial charge in [-0.15, -0.1) is 0 Å². The Morgan fingerprint density at radius 1 is 0.839 bits per heavy atom. The fourth-order valence-electron chi connectivity index (χ4n) is 8.86. The molecule has 0 bridgehead atoms. The molecule has 3 amide bonds. The Morgan fingerprint density at radius 3 is 2.08 bits per heavy atom. The van der Waals surface area contributed by atoms with E-state index in [1.54, 1.807) is 42.1 Å². The van der Waals surface area contributed by atoms with Crippen LogP contribution in [0.4, 0.5) is 26.3 Å². The number of carbonyl (C=O) groups excluding carboxylic acids is 3. The molecule has 62 heavy (non-hydrogen) atoms. The molecule has 3 aromatic rings. The number of likely N-dealkylation sites (N-methyl/N-ethyl adjacent to an activating group) is 2. The summed E-state index contributed by atoms with van der Waals surface area (Å²) in [6.07, 6.45) is -7.54. The van der Waals surface area contributed by atoms with Crippen LogP contribution in [-0.2, 0) is 53.6 Å². The van der Waals surface area contributed by atoms with Gasteiger partial charge in [-0.3, -0.25) is 14.4 Å². The number of likely N-dealkylation sites (tertiary alicyclic amines) is 1. The molecule has 10 nitrogen and oxygen atoms in total. The molecule has 338 valence electrons. The van der Waals surface area contributed by atoms with Gasteiger partial charge >= 0.3 is 12.4 Å². The zero-order chi connectivity index (χ0) is 45.0. The van der Waals surface area contributed by atoms with Gasteiger partial charge in [0.1, 0.15) is 18.8 Å². The topological polar surface area (TPSA) is 91.9 Å². The molecule has 2 heterocycles. The fraction of sp³-hybridized carbons (Fsp3) is 0.523. The van der Waals surface area contributed by atoms with Crippen LogP contribution < -0.4 is 0 Å². The van der Waals surface area contributed by atoms with Crippen molar-refractivity contribution in [3.63, 3.8) is 0 Å². The van der Waals surface area contributed by atoms with Gasteiger partial charge in [0.25, 0.3) is 5.91 Å². The number of ether oxygens (including phenoxy) is 3.